The number of fused-ring (bicyclic) bond motifs is 1. The Hall–Kier alpha value is -2.69. The minimum absolute atomic E-state index is 0.0577. The molecule has 2 heterocycles. The molecule has 0 radical (unpaired) electrons. The molecule has 0 aliphatic carbocycles. The maximum Gasteiger partial charge on any atom is 0.182 e. The molecule has 0 atom stereocenters. The smallest absolute Gasteiger partial charge is 0.182 e. The van der Waals surface area contributed by atoms with Crippen LogP contribution in [0.2, 0.25) is 0 Å². The number of carbonyl (C=O) groups is 1. The number of ketones is 1. The number of phenols is 1. The van der Waals surface area contributed by atoms with E-state index >= 15 is 0 Å². The molecule has 1 aromatic heterocycles. The van der Waals surface area contributed by atoms with Gasteiger partial charge in [-0.15, -0.1) is 0 Å². The number of phenolic OH excluding ortho intramolecular Hbond substituents is 1. The number of nitrogens with zero attached hydrogens (tertiary/aromatic N) is 2. The van der Waals surface area contributed by atoms with Gasteiger partial charge in [0.15, 0.2) is 5.78 Å². The van der Waals surface area contributed by atoms with Crippen LogP contribution in [-0.4, -0.2) is 33.2 Å². The van der Waals surface area contributed by atoms with Gasteiger partial charge in [-0.3, -0.25) is 10.2 Å². The van der Waals surface area contributed by atoms with Crippen LogP contribution in [0.5, 0.6) is 5.75 Å². The van der Waals surface area contributed by atoms with Gasteiger partial charge in [0.2, 0.25) is 0 Å². The van der Waals surface area contributed by atoms with Gasteiger partial charge >= 0.3 is 0 Å². The molecule has 0 amide bonds. The molecule has 31 heavy (non-hydrogen) atoms. The second-order valence-corrected chi connectivity index (χ2v) is 10.9. The summed E-state index contributed by atoms with van der Waals surface area (Å²) < 4.78 is 0. The number of benzene rings is 1. The van der Waals surface area contributed by atoms with Gasteiger partial charge in [0.25, 0.3) is 0 Å². The molecule has 0 bridgehead atoms. The van der Waals surface area contributed by atoms with Crippen molar-refractivity contribution >= 4 is 11.6 Å². The monoisotopic (exact) mass is 421 g/mol. The Kier molecular flexibility index (Phi) is 5.76. The summed E-state index contributed by atoms with van der Waals surface area (Å²) >= 11 is 0. The van der Waals surface area contributed by atoms with Crippen LogP contribution in [0.4, 0.5) is 0 Å². The highest BCUT2D eigenvalue weighted by Gasteiger charge is 2.31. The number of amidine groups is 1. The number of hydrogen-bond donors (Lipinski definition) is 2. The zero-order valence-electron chi connectivity index (χ0n) is 20.1. The molecule has 2 N–H and O–H groups in total. The van der Waals surface area contributed by atoms with Crippen LogP contribution >= 0.6 is 0 Å². The van der Waals surface area contributed by atoms with E-state index in [4.69, 9.17) is 5.41 Å². The van der Waals surface area contributed by atoms with Crippen molar-refractivity contribution in [2.75, 3.05) is 6.54 Å². The molecule has 1 aliphatic heterocycles. The largest absolute Gasteiger partial charge is 0.507 e. The number of hydrogen-bond acceptors (Lipinski definition) is 4. The molecule has 0 saturated heterocycles. The predicted octanol–water partition coefficient (Wildman–Crippen LogP) is 5.53. The Balaban J connectivity index is 1.93. The van der Waals surface area contributed by atoms with Gasteiger partial charge in [-0.2, -0.15) is 0 Å². The van der Waals surface area contributed by atoms with Crippen LogP contribution in [0.3, 0.4) is 0 Å². The van der Waals surface area contributed by atoms with E-state index in [1.54, 1.807) is 4.90 Å². The molecule has 1 aromatic carbocycles. The number of rotatable bonds is 4. The predicted molar refractivity (Wildman–Crippen MR) is 125 cm³/mol. The second-order valence-electron chi connectivity index (χ2n) is 10.9. The van der Waals surface area contributed by atoms with E-state index in [2.05, 4.69) is 18.8 Å². The standard InChI is InChI=1S/C26H35N3O2/c1-15(2)20-10-9-16-13-29(24(27)22(16)28-20)14-21(30)17-11-18(25(3,4)5)23(31)19(12-17)26(6,7)8/h9-12,15,27,31H,13-14H2,1-8H3. The first-order valence-corrected chi connectivity index (χ1v) is 10.9. The number of aromatic hydroxyl groups is 1. The first-order valence-electron chi connectivity index (χ1n) is 10.9. The number of Topliss-reactive ketones (excluding diaryl/α,β-unsaturated/α-hetero) is 1. The molecule has 0 unspecified atom stereocenters. The number of nitrogens with one attached hydrogen (secondary N) is 1. The molecule has 0 fully saturated rings. The minimum Gasteiger partial charge on any atom is -0.507 e. The normalized spacial score (nSPS) is 14.4. The van der Waals surface area contributed by atoms with Crippen molar-refractivity contribution in [3.8, 4) is 5.75 Å². The maximum atomic E-state index is 13.3. The molecule has 0 spiro atoms. The average molecular weight is 422 g/mol. The van der Waals surface area contributed by atoms with Gasteiger partial charge in [-0.05, 0) is 34.9 Å². The summed E-state index contributed by atoms with van der Waals surface area (Å²) in [5.41, 5.74) is 4.14. The molecule has 5 heteroatoms. The zero-order valence-corrected chi connectivity index (χ0v) is 20.1. The SMILES string of the molecule is CC(C)c1ccc2c(n1)C(=N)N(CC(=O)c1cc(C(C)(C)C)c(O)c(C(C)(C)C)c1)C2. The number of pyridine rings is 1. The van der Waals surface area contributed by atoms with Crippen LogP contribution in [0.25, 0.3) is 0 Å². The van der Waals surface area contributed by atoms with E-state index in [1.807, 2.05) is 65.8 Å². The molecule has 5 nitrogen and oxygen atoms in total. The molecule has 166 valence electrons. The third-order valence-corrected chi connectivity index (χ3v) is 5.88. The summed E-state index contributed by atoms with van der Waals surface area (Å²) in [6, 6.07) is 7.66. The number of carbonyl (C=O) groups excluding carboxylic acids is 1. The third-order valence-electron chi connectivity index (χ3n) is 5.88. The van der Waals surface area contributed by atoms with Gasteiger partial charge in [0.05, 0.1) is 6.54 Å². The third kappa shape index (κ3) is 4.51. The Bertz CT molecular complexity index is 1000. The fraction of sp³-hybridized carbons (Fsp3) is 0.500. The molecular formula is C26H35N3O2. The average Bonchev–Trinajstić information content (AvgIpc) is 2.95. The first kappa shape index (κ1) is 23.0. The van der Waals surface area contributed by atoms with Crippen LogP contribution < -0.4 is 0 Å². The lowest BCUT2D eigenvalue weighted by molar-refractivity contribution is 0.0962. The maximum absolute atomic E-state index is 13.3. The van der Waals surface area contributed by atoms with Crippen molar-refractivity contribution in [1.82, 2.24) is 9.88 Å². The van der Waals surface area contributed by atoms with Crippen molar-refractivity contribution in [3.63, 3.8) is 0 Å². The Morgan fingerprint density at radius 1 is 1.10 bits per heavy atom. The topological polar surface area (TPSA) is 77.3 Å². The Labute approximate surface area is 186 Å². The van der Waals surface area contributed by atoms with Gasteiger partial charge in [-0.1, -0.05) is 61.5 Å². The summed E-state index contributed by atoms with van der Waals surface area (Å²) in [6.45, 7) is 17.0. The summed E-state index contributed by atoms with van der Waals surface area (Å²) in [7, 11) is 0. The Morgan fingerprint density at radius 2 is 1.65 bits per heavy atom. The molecule has 2 aromatic rings. The zero-order chi connectivity index (χ0) is 23.3. The first-order chi connectivity index (χ1) is 14.2. The Morgan fingerprint density at radius 3 is 2.13 bits per heavy atom. The summed E-state index contributed by atoms with van der Waals surface area (Å²) in [5, 5.41) is 19.5. The van der Waals surface area contributed by atoms with Gasteiger partial charge < -0.3 is 10.0 Å². The minimum atomic E-state index is -0.297. The van der Waals surface area contributed by atoms with Crippen LogP contribution in [-0.2, 0) is 17.4 Å². The highest BCUT2D eigenvalue weighted by atomic mass is 16.3. The molecule has 0 saturated carbocycles. The van der Waals surface area contributed by atoms with E-state index in [-0.39, 0.29) is 34.8 Å². The van der Waals surface area contributed by atoms with Crippen molar-refractivity contribution in [2.45, 2.75) is 78.7 Å². The number of aromatic nitrogens is 1. The fourth-order valence-electron chi connectivity index (χ4n) is 3.93. The lowest BCUT2D eigenvalue weighted by atomic mass is 9.78. The van der Waals surface area contributed by atoms with E-state index in [1.165, 1.54) is 0 Å². The highest BCUT2D eigenvalue weighted by Crippen LogP contribution is 2.40. The van der Waals surface area contributed by atoms with Crippen LogP contribution in [0.1, 0.15) is 99.7 Å². The van der Waals surface area contributed by atoms with Gasteiger partial charge in [0.1, 0.15) is 17.3 Å². The quantitative estimate of drug-likeness (QED) is 0.636. The fourth-order valence-corrected chi connectivity index (χ4v) is 3.93. The van der Waals surface area contributed by atoms with Crippen molar-refractivity contribution in [1.29, 1.82) is 5.41 Å². The summed E-state index contributed by atoms with van der Waals surface area (Å²) in [6.07, 6.45) is 0. The van der Waals surface area contributed by atoms with Gasteiger partial charge in [-0.25, -0.2) is 4.98 Å². The van der Waals surface area contributed by atoms with E-state index in [0.717, 1.165) is 22.4 Å². The molecular weight excluding hydrogens is 386 g/mol. The summed E-state index contributed by atoms with van der Waals surface area (Å²) in [4.78, 5) is 19.7. The van der Waals surface area contributed by atoms with Crippen LogP contribution in [0.15, 0.2) is 24.3 Å². The summed E-state index contributed by atoms with van der Waals surface area (Å²) in [5.74, 6) is 0.801. The van der Waals surface area contributed by atoms with Crippen molar-refractivity contribution < 1.29 is 9.90 Å². The second kappa shape index (κ2) is 7.77. The lowest BCUT2D eigenvalue weighted by Crippen LogP contribution is -2.31. The van der Waals surface area contributed by atoms with E-state index in [0.29, 0.717) is 23.6 Å². The van der Waals surface area contributed by atoms with Gasteiger partial charge in [0, 0.05) is 34.5 Å². The highest BCUT2D eigenvalue weighted by molar-refractivity contribution is 6.04. The van der Waals surface area contributed by atoms with E-state index in [9.17, 15) is 9.90 Å². The molecule has 1 aliphatic rings. The van der Waals surface area contributed by atoms with Crippen LogP contribution in [0, 0.1) is 5.41 Å². The molecule has 3 rings (SSSR count). The van der Waals surface area contributed by atoms with E-state index < -0.39 is 0 Å². The van der Waals surface area contributed by atoms with Crippen molar-refractivity contribution in [3.05, 3.63) is 57.9 Å². The van der Waals surface area contributed by atoms with Crippen molar-refractivity contribution in [2.24, 2.45) is 0 Å². The lowest BCUT2D eigenvalue weighted by Gasteiger charge is -2.28.